The smallest absolute Gasteiger partial charge is 0.0201 e. The molecule has 0 aromatic carbocycles. The van der Waals surface area contributed by atoms with Crippen LogP contribution in [0, 0.1) is 0 Å². The first-order valence-electron chi connectivity index (χ1n) is 10.9. The Morgan fingerprint density at radius 1 is 0.478 bits per heavy atom. The van der Waals surface area contributed by atoms with Crippen LogP contribution in [-0.2, 0) is 0 Å². The van der Waals surface area contributed by atoms with E-state index < -0.39 is 0 Å². The topological polar surface area (TPSA) is 0 Å². The van der Waals surface area contributed by atoms with Crippen molar-refractivity contribution in [1.82, 2.24) is 0 Å². The van der Waals surface area contributed by atoms with Crippen LogP contribution < -0.4 is 0 Å². The van der Waals surface area contributed by atoms with Crippen molar-refractivity contribution in [3.05, 3.63) is 0 Å². The molecular weight excluding hydrogens is 314 g/mol. The molecule has 0 nitrogen and oxygen atoms in total. The zero-order chi connectivity index (χ0) is 15.5. The van der Waals surface area contributed by atoms with Crippen LogP contribution in [0.5, 0.6) is 0 Å². The van der Waals surface area contributed by atoms with E-state index in [0.29, 0.717) is 15.8 Å². The SMILES string of the molecule is C1CCC([P@@]2CCC[C@@H]2C[C@H]2CCC[P@]2C2CCCCC2)CC1. The molecule has 0 N–H and O–H groups in total. The first kappa shape index (κ1) is 17.3. The molecule has 4 rings (SSSR count). The maximum absolute atomic E-state index is 1.70. The summed E-state index contributed by atoms with van der Waals surface area (Å²) >= 11 is 0. The highest BCUT2D eigenvalue weighted by atomic mass is 31.1. The van der Waals surface area contributed by atoms with Gasteiger partial charge in [0, 0.05) is 0 Å². The van der Waals surface area contributed by atoms with Gasteiger partial charge in [0.2, 0.25) is 0 Å². The average molecular weight is 352 g/mol. The minimum Gasteiger partial charge on any atom is -0.100 e. The van der Waals surface area contributed by atoms with Crippen molar-refractivity contribution in [2.45, 2.75) is 119 Å². The fourth-order valence-corrected chi connectivity index (χ4v) is 14.4. The van der Waals surface area contributed by atoms with Gasteiger partial charge in [-0.2, -0.15) is 0 Å². The van der Waals surface area contributed by atoms with Crippen molar-refractivity contribution in [1.29, 1.82) is 0 Å². The maximum atomic E-state index is 1.70. The van der Waals surface area contributed by atoms with Gasteiger partial charge in [0.05, 0.1) is 0 Å². The summed E-state index contributed by atoms with van der Waals surface area (Å²) in [5.41, 5.74) is 4.83. The molecule has 4 atom stereocenters. The third kappa shape index (κ3) is 4.17. The van der Waals surface area contributed by atoms with Gasteiger partial charge < -0.3 is 0 Å². The third-order valence-electron chi connectivity index (χ3n) is 7.48. The van der Waals surface area contributed by atoms with E-state index in [0.717, 1.165) is 0 Å². The highest BCUT2D eigenvalue weighted by Crippen LogP contribution is 2.64. The minimum atomic E-state index is 0.431. The van der Waals surface area contributed by atoms with Gasteiger partial charge in [-0.25, -0.2) is 0 Å². The molecule has 2 aliphatic heterocycles. The van der Waals surface area contributed by atoms with Crippen LogP contribution in [-0.4, -0.2) is 35.0 Å². The molecule has 0 aromatic rings. The molecule has 0 bridgehead atoms. The third-order valence-corrected chi connectivity index (χ3v) is 14.9. The molecular formula is C21H38P2. The Labute approximate surface area is 147 Å². The molecule has 0 amide bonds. The Morgan fingerprint density at radius 2 is 0.913 bits per heavy atom. The summed E-state index contributed by atoms with van der Waals surface area (Å²) < 4.78 is 0. The van der Waals surface area contributed by atoms with E-state index in [9.17, 15) is 0 Å². The number of hydrogen-bond donors (Lipinski definition) is 0. The Kier molecular flexibility index (Phi) is 6.38. The summed E-state index contributed by atoms with van der Waals surface area (Å²) in [4.78, 5) is 0. The summed E-state index contributed by atoms with van der Waals surface area (Å²) in [6.07, 6.45) is 27.3. The van der Waals surface area contributed by atoms with Gasteiger partial charge in [-0.3, -0.25) is 0 Å². The molecule has 2 saturated heterocycles. The second-order valence-electron chi connectivity index (χ2n) is 8.89. The van der Waals surface area contributed by atoms with Gasteiger partial charge in [0.25, 0.3) is 0 Å². The molecule has 4 fully saturated rings. The second-order valence-corrected chi connectivity index (χ2v) is 14.8. The normalized spacial score (nSPS) is 40.7. The number of hydrogen-bond acceptors (Lipinski definition) is 0. The molecule has 2 heteroatoms. The lowest BCUT2D eigenvalue weighted by Crippen LogP contribution is -2.21. The van der Waals surface area contributed by atoms with Gasteiger partial charge in [0.15, 0.2) is 0 Å². The summed E-state index contributed by atoms with van der Waals surface area (Å²) in [5, 5.41) is 0. The zero-order valence-electron chi connectivity index (χ0n) is 15.2. The second kappa shape index (κ2) is 8.49. The van der Waals surface area contributed by atoms with Gasteiger partial charge in [-0.05, 0) is 92.7 Å². The van der Waals surface area contributed by atoms with Crippen molar-refractivity contribution in [3.63, 3.8) is 0 Å². The van der Waals surface area contributed by atoms with Crippen molar-refractivity contribution in [2.75, 3.05) is 12.3 Å². The largest absolute Gasteiger partial charge is 0.100 e. The Bertz CT molecular complexity index is 323. The van der Waals surface area contributed by atoms with E-state index in [1.165, 1.54) is 22.6 Å². The molecule has 0 spiro atoms. The highest BCUT2D eigenvalue weighted by Gasteiger charge is 2.39. The Balaban J connectivity index is 1.35. The van der Waals surface area contributed by atoms with Crippen LogP contribution >= 0.6 is 15.8 Å². The standard InChI is InChI=1S/C21H38P2/c1-3-9-18(10-4-1)22-15-7-13-20(22)17-21-14-8-16-23(21)19-11-5-2-6-12-19/h18-21H,1-17H2/t20-,21-,22-,23-/m1/s1. The molecule has 0 aromatic heterocycles. The summed E-state index contributed by atoms with van der Waals surface area (Å²) in [6, 6.07) is 0. The van der Waals surface area contributed by atoms with Crippen LogP contribution in [0.15, 0.2) is 0 Å². The maximum Gasteiger partial charge on any atom is -0.0201 e. The lowest BCUT2D eigenvalue weighted by atomic mass is 10.0. The molecule has 132 valence electrons. The fraction of sp³-hybridized carbons (Fsp3) is 1.00. The molecule has 4 aliphatic rings. The molecule has 2 saturated carbocycles. The van der Waals surface area contributed by atoms with Crippen molar-refractivity contribution in [3.8, 4) is 0 Å². The fourth-order valence-electron chi connectivity index (χ4n) is 6.32. The van der Waals surface area contributed by atoms with Crippen molar-refractivity contribution in [2.24, 2.45) is 0 Å². The van der Waals surface area contributed by atoms with E-state index in [1.807, 2.05) is 0 Å². The summed E-state index contributed by atoms with van der Waals surface area (Å²) in [7, 11) is 0.862. The van der Waals surface area contributed by atoms with Crippen LogP contribution in [0.3, 0.4) is 0 Å². The molecule has 2 aliphatic carbocycles. The van der Waals surface area contributed by atoms with Crippen molar-refractivity contribution < 1.29 is 0 Å². The minimum absolute atomic E-state index is 0.431. The average Bonchev–Trinajstić information content (AvgIpc) is 3.26. The van der Waals surface area contributed by atoms with E-state index in [4.69, 9.17) is 0 Å². The van der Waals surface area contributed by atoms with Crippen LogP contribution in [0.2, 0.25) is 0 Å². The molecule has 0 radical (unpaired) electrons. The van der Waals surface area contributed by atoms with Gasteiger partial charge in [-0.15, -0.1) is 15.8 Å². The van der Waals surface area contributed by atoms with Gasteiger partial charge in [-0.1, -0.05) is 38.5 Å². The van der Waals surface area contributed by atoms with Crippen LogP contribution in [0.1, 0.15) is 96.3 Å². The highest BCUT2D eigenvalue weighted by molar-refractivity contribution is 7.60. The van der Waals surface area contributed by atoms with Gasteiger partial charge in [0.1, 0.15) is 0 Å². The van der Waals surface area contributed by atoms with E-state index >= 15 is 0 Å². The molecule has 23 heavy (non-hydrogen) atoms. The first-order chi connectivity index (χ1) is 11.4. The van der Waals surface area contributed by atoms with Crippen LogP contribution in [0.25, 0.3) is 0 Å². The van der Waals surface area contributed by atoms with Gasteiger partial charge >= 0.3 is 0 Å². The van der Waals surface area contributed by atoms with E-state index in [2.05, 4.69) is 0 Å². The predicted octanol–water partition coefficient (Wildman–Crippen LogP) is 7.33. The summed E-state index contributed by atoms with van der Waals surface area (Å²) in [5.74, 6) is 0. The van der Waals surface area contributed by atoms with E-state index in [1.54, 1.807) is 109 Å². The molecule has 2 heterocycles. The Morgan fingerprint density at radius 3 is 1.35 bits per heavy atom. The number of rotatable bonds is 4. The van der Waals surface area contributed by atoms with Crippen LogP contribution in [0.4, 0.5) is 0 Å². The summed E-state index contributed by atoms with van der Waals surface area (Å²) in [6.45, 7) is 0. The molecule has 0 unspecified atom stereocenters. The van der Waals surface area contributed by atoms with Crippen molar-refractivity contribution >= 4 is 15.8 Å². The quantitative estimate of drug-likeness (QED) is 0.465. The Hall–Kier alpha value is 0.860. The zero-order valence-corrected chi connectivity index (χ0v) is 17.0. The lowest BCUT2D eigenvalue weighted by molar-refractivity contribution is 0.505. The van der Waals surface area contributed by atoms with E-state index in [-0.39, 0.29) is 0 Å². The lowest BCUT2D eigenvalue weighted by Gasteiger charge is -2.37. The predicted molar refractivity (Wildman–Crippen MR) is 108 cm³/mol. The monoisotopic (exact) mass is 352 g/mol. The first-order valence-corrected chi connectivity index (χ1v) is 14.3.